The third-order valence-electron chi connectivity index (χ3n) is 4.92. The Kier molecular flexibility index (Phi) is 5.07. The molecule has 2 amide bonds. The first-order valence-electron chi connectivity index (χ1n) is 8.29. The second-order valence-corrected chi connectivity index (χ2v) is 6.41. The Labute approximate surface area is 137 Å². The molecule has 1 N–H and O–H groups in total. The number of morpholine rings is 1. The molecular formula is C16H25N5O2. The molecule has 0 bridgehead atoms. The summed E-state index contributed by atoms with van der Waals surface area (Å²) >= 11 is 0. The van der Waals surface area contributed by atoms with Crippen molar-refractivity contribution in [2.45, 2.75) is 31.8 Å². The maximum atomic E-state index is 12.3. The number of hydrogen-bond donors (Lipinski definition) is 1. The molecular weight excluding hydrogens is 294 g/mol. The normalized spacial score (nSPS) is 21.9. The van der Waals surface area contributed by atoms with Gasteiger partial charge in [0.25, 0.3) is 0 Å². The van der Waals surface area contributed by atoms with Crippen molar-refractivity contribution in [1.82, 2.24) is 25.1 Å². The SMILES string of the molecule is CC1(N2CCOCC2)CCN(C(=O)NCc2ncccn2)CC1. The van der Waals surface area contributed by atoms with Gasteiger partial charge >= 0.3 is 6.03 Å². The quantitative estimate of drug-likeness (QED) is 0.895. The molecule has 3 rings (SSSR count). The summed E-state index contributed by atoms with van der Waals surface area (Å²) in [6.45, 7) is 7.88. The molecule has 0 aliphatic carbocycles. The van der Waals surface area contributed by atoms with E-state index >= 15 is 0 Å². The molecule has 0 saturated carbocycles. The minimum Gasteiger partial charge on any atom is -0.379 e. The highest BCUT2D eigenvalue weighted by atomic mass is 16.5. The van der Waals surface area contributed by atoms with Gasteiger partial charge in [-0.2, -0.15) is 0 Å². The van der Waals surface area contributed by atoms with E-state index in [-0.39, 0.29) is 11.6 Å². The molecule has 2 saturated heterocycles. The van der Waals surface area contributed by atoms with E-state index in [9.17, 15) is 4.79 Å². The van der Waals surface area contributed by atoms with E-state index in [4.69, 9.17) is 4.74 Å². The molecule has 1 aromatic rings. The van der Waals surface area contributed by atoms with E-state index < -0.39 is 0 Å². The Morgan fingerprint density at radius 2 is 1.87 bits per heavy atom. The standard InChI is InChI=1S/C16H25N5O2/c1-16(21-9-11-23-12-10-21)3-7-20(8-4-16)15(22)19-13-14-17-5-2-6-18-14/h2,5-6H,3-4,7-13H2,1H3,(H,19,22). The lowest BCUT2D eigenvalue weighted by Gasteiger charge is -2.48. The lowest BCUT2D eigenvalue weighted by molar-refractivity contribution is -0.0357. The Bertz CT molecular complexity index is 510. The van der Waals surface area contributed by atoms with Crippen LogP contribution in [0.15, 0.2) is 18.5 Å². The summed E-state index contributed by atoms with van der Waals surface area (Å²) in [4.78, 5) is 24.9. The van der Waals surface area contributed by atoms with Gasteiger partial charge in [0.15, 0.2) is 0 Å². The van der Waals surface area contributed by atoms with Gasteiger partial charge in [0.2, 0.25) is 0 Å². The van der Waals surface area contributed by atoms with Crippen LogP contribution in [0.4, 0.5) is 4.79 Å². The molecule has 7 nitrogen and oxygen atoms in total. The van der Waals surface area contributed by atoms with Gasteiger partial charge < -0.3 is 15.0 Å². The van der Waals surface area contributed by atoms with Crippen molar-refractivity contribution in [3.05, 3.63) is 24.3 Å². The predicted molar refractivity (Wildman–Crippen MR) is 85.9 cm³/mol. The van der Waals surface area contributed by atoms with Crippen molar-refractivity contribution in [2.75, 3.05) is 39.4 Å². The molecule has 3 heterocycles. The van der Waals surface area contributed by atoms with Crippen molar-refractivity contribution in [3.63, 3.8) is 0 Å². The molecule has 0 atom stereocenters. The zero-order valence-corrected chi connectivity index (χ0v) is 13.7. The van der Waals surface area contributed by atoms with Gasteiger partial charge in [-0.05, 0) is 25.8 Å². The smallest absolute Gasteiger partial charge is 0.317 e. The number of likely N-dealkylation sites (tertiary alicyclic amines) is 1. The third-order valence-corrected chi connectivity index (χ3v) is 4.92. The lowest BCUT2D eigenvalue weighted by atomic mass is 9.87. The van der Waals surface area contributed by atoms with Crippen molar-refractivity contribution in [2.24, 2.45) is 0 Å². The van der Waals surface area contributed by atoms with Crippen LogP contribution >= 0.6 is 0 Å². The molecule has 7 heteroatoms. The number of nitrogens with one attached hydrogen (secondary N) is 1. The number of piperidine rings is 1. The number of ether oxygens (including phenoxy) is 1. The summed E-state index contributed by atoms with van der Waals surface area (Å²) < 4.78 is 5.44. The zero-order valence-electron chi connectivity index (χ0n) is 13.7. The number of amides is 2. The van der Waals surface area contributed by atoms with Crippen LogP contribution in [0.25, 0.3) is 0 Å². The number of nitrogens with zero attached hydrogens (tertiary/aromatic N) is 4. The van der Waals surface area contributed by atoms with Crippen LogP contribution in [0.1, 0.15) is 25.6 Å². The van der Waals surface area contributed by atoms with Crippen LogP contribution in [0.5, 0.6) is 0 Å². The molecule has 23 heavy (non-hydrogen) atoms. The molecule has 2 aliphatic rings. The number of carbonyl (C=O) groups is 1. The van der Waals surface area contributed by atoms with Crippen molar-refractivity contribution in [3.8, 4) is 0 Å². The van der Waals surface area contributed by atoms with E-state index in [1.54, 1.807) is 18.5 Å². The van der Waals surface area contributed by atoms with Crippen LogP contribution in [0.2, 0.25) is 0 Å². The predicted octanol–water partition coefficient (Wildman–Crippen LogP) is 0.873. The van der Waals surface area contributed by atoms with Crippen LogP contribution in [-0.2, 0) is 11.3 Å². The number of carbonyl (C=O) groups excluding carboxylic acids is 1. The second kappa shape index (κ2) is 7.23. The fourth-order valence-corrected chi connectivity index (χ4v) is 3.30. The first-order chi connectivity index (χ1) is 11.2. The number of hydrogen-bond acceptors (Lipinski definition) is 5. The van der Waals surface area contributed by atoms with Crippen LogP contribution in [0.3, 0.4) is 0 Å². The summed E-state index contributed by atoms with van der Waals surface area (Å²) in [6, 6.07) is 1.74. The van der Waals surface area contributed by atoms with Crippen LogP contribution < -0.4 is 5.32 Å². The summed E-state index contributed by atoms with van der Waals surface area (Å²) in [7, 11) is 0. The van der Waals surface area contributed by atoms with Gasteiger partial charge in [-0.3, -0.25) is 4.90 Å². The van der Waals surface area contributed by atoms with Gasteiger partial charge in [-0.1, -0.05) is 0 Å². The number of aromatic nitrogens is 2. The van der Waals surface area contributed by atoms with Gasteiger partial charge in [-0.15, -0.1) is 0 Å². The average molecular weight is 319 g/mol. The van der Waals surface area contributed by atoms with Gasteiger partial charge in [0, 0.05) is 44.1 Å². The molecule has 2 fully saturated rings. The van der Waals surface area contributed by atoms with E-state index in [0.717, 1.165) is 52.2 Å². The summed E-state index contributed by atoms with van der Waals surface area (Å²) in [5.74, 6) is 0.635. The van der Waals surface area contributed by atoms with E-state index in [0.29, 0.717) is 12.4 Å². The van der Waals surface area contributed by atoms with Crippen LogP contribution in [0, 0.1) is 0 Å². The molecule has 0 aromatic carbocycles. The molecule has 0 spiro atoms. The lowest BCUT2D eigenvalue weighted by Crippen LogP contribution is -2.58. The van der Waals surface area contributed by atoms with Crippen molar-refractivity contribution >= 4 is 6.03 Å². The Balaban J connectivity index is 1.47. The largest absolute Gasteiger partial charge is 0.379 e. The Morgan fingerprint density at radius 3 is 2.52 bits per heavy atom. The highest BCUT2D eigenvalue weighted by Gasteiger charge is 2.37. The Morgan fingerprint density at radius 1 is 1.22 bits per heavy atom. The fourth-order valence-electron chi connectivity index (χ4n) is 3.30. The minimum atomic E-state index is -0.0264. The Hall–Kier alpha value is -1.73. The maximum Gasteiger partial charge on any atom is 0.317 e. The summed E-state index contributed by atoms with van der Waals surface area (Å²) in [5.41, 5.74) is 0.184. The van der Waals surface area contributed by atoms with Crippen LogP contribution in [-0.4, -0.2) is 70.7 Å². The second-order valence-electron chi connectivity index (χ2n) is 6.41. The minimum absolute atomic E-state index is 0.0264. The molecule has 2 aliphatic heterocycles. The summed E-state index contributed by atoms with van der Waals surface area (Å²) in [5, 5.41) is 2.90. The van der Waals surface area contributed by atoms with Crippen molar-refractivity contribution in [1.29, 1.82) is 0 Å². The fraction of sp³-hybridized carbons (Fsp3) is 0.688. The number of rotatable bonds is 3. The van der Waals surface area contributed by atoms with Crippen molar-refractivity contribution < 1.29 is 9.53 Å². The molecule has 1 aromatic heterocycles. The van der Waals surface area contributed by atoms with E-state index in [2.05, 4.69) is 27.1 Å². The first-order valence-corrected chi connectivity index (χ1v) is 8.29. The van der Waals surface area contributed by atoms with E-state index in [1.165, 1.54) is 0 Å². The maximum absolute atomic E-state index is 12.3. The third kappa shape index (κ3) is 3.97. The topological polar surface area (TPSA) is 70.6 Å². The molecule has 126 valence electrons. The highest BCUT2D eigenvalue weighted by molar-refractivity contribution is 5.74. The highest BCUT2D eigenvalue weighted by Crippen LogP contribution is 2.29. The molecule has 0 radical (unpaired) electrons. The molecule has 0 unspecified atom stereocenters. The van der Waals surface area contributed by atoms with Gasteiger partial charge in [-0.25, -0.2) is 14.8 Å². The van der Waals surface area contributed by atoms with E-state index in [1.807, 2.05) is 4.90 Å². The number of urea groups is 1. The first kappa shape index (κ1) is 16.1. The van der Waals surface area contributed by atoms with Gasteiger partial charge in [0.05, 0.1) is 19.8 Å². The monoisotopic (exact) mass is 319 g/mol. The average Bonchev–Trinajstić information content (AvgIpc) is 2.62. The van der Waals surface area contributed by atoms with Gasteiger partial charge in [0.1, 0.15) is 5.82 Å². The summed E-state index contributed by atoms with van der Waals surface area (Å²) in [6.07, 6.45) is 5.37. The zero-order chi connectivity index (χ0) is 16.1.